The monoisotopic (exact) mass is 338 g/mol. The first-order chi connectivity index (χ1) is 12.0. The van der Waals surface area contributed by atoms with Crippen LogP contribution in [-0.4, -0.2) is 52.0 Å². The fraction of sp³-hybridized carbons (Fsp3) is 0.286. The molecule has 132 valence electrons. The highest BCUT2D eigenvalue weighted by atomic mass is 16.5. The first kappa shape index (κ1) is 18.7. The number of allylic oxidation sites excluding steroid dienone is 1. The molecule has 4 nitrogen and oxygen atoms in total. The molecule has 0 aromatic heterocycles. The Bertz CT molecular complexity index is 738. The summed E-state index contributed by atoms with van der Waals surface area (Å²) >= 11 is 0. The Kier molecular flexibility index (Phi) is 6.78. The molecule has 0 fully saturated rings. The van der Waals surface area contributed by atoms with Gasteiger partial charge in [0.2, 0.25) is 0 Å². The second kappa shape index (κ2) is 9.04. The van der Waals surface area contributed by atoms with E-state index in [0.717, 1.165) is 24.3 Å². The van der Waals surface area contributed by atoms with Crippen LogP contribution < -0.4 is 9.64 Å². The Balaban J connectivity index is 2.19. The second-order valence-electron chi connectivity index (χ2n) is 6.18. The van der Waals surface area contributed by atoms with Crippen molar-refractivity contribution in [1.82, 2.24) is 4.90 Å². The Morgan fingerprint density at radius 3 is 2.40 bits per heavy atom. The molecule has 0 aliphatic heterocycles. The van der Waals surface area contributed by atoms with E-state index in [1.165, 1.54) is 0 Å². The zero-order valence-electron chi connectivity index (χ0n) is 15.4. The summed E-state index contributed by atoms with van der Waals surface area (Å²) < 4.78 is 5.27. The van der Waals surface area contributed by atoms with Gasteiger partial charge in [-0.3, -0.25) is 4.79 Å². The van der Waals surface area contributed by atoms with Crippen LogP contribution in [0.25, 0.3) is 6.08 Å². The largest absolute Gasteiger partial charge is 0.496 e. The summed E-state index contributed by atoms with van der Waals surface area (Å²) in [4.78, 5) is 16.9. The highest BCUT2D eigenvalue weighted by Crippen LogP contribution is 2.22. The maximum atomic E-state index is 12.5. The number of benzene rings is 2. The van der Waals surface area contributed by atoms with Crippen molar-refractivity contribution in [2.24, 2.45) is 0 Å². The topological polar surface area (TPSA) is 32.8 Å². The zero-order chi connectivity index (χ0) is 18.2. The minimum absolute atomic E-state index is 0.0665. The molecule has 0 amide bonds. The molecule has 2 rings (SSSR count). The van der Waals surface area contributed by atoms with E-state index in [1.807, 2.05) is 36.4 Å². The summed E-state index contributed by atoms with van der Waals surface area (Å²) in [5.74, 6) is 0.525. The van der Waals surface area contributed by atoms with Crippen LogP contribution >= 0.6 is 0 Å². The van der Waals surface area contributed by atoms with Gasteiger partial charge in [-0.1, -0.05) is 30.3 Å². The molecule has 0 radical (unpaired) electrons. The van der Waals surface area contributed by atoms with Crippen molar-refractivity contribution in [2.75, 3.05) is 46.2 Å². The van der Waals surface area contributed by atoms with E-state index in [9.17, 15) is 4.79 Å². The van der Waals surface area contributed by atoms with Gasteiger partial charge in [-0.2, -0.15) is 0 Å². The minimum atomic E-state index is -0.0665. The molecule has 0 heterocycles. The third-order valence-electron chi connectivity index (χ3n) is 4.02. The zero-order valence-corrected chi connectivity index (χ0v) is 15.4. The number of hydrogen-bond acceptors (Lipinski definition) is 4. The smallest absolute Gasteiger partial charge is 0.189 e. The maximum Gasteiger partial charge on any atom is 0.189 e. The van der Waals surface area contributed by atoms with Crippen LogP contribution in [0.3, 0.4) is 0 Å². The van der Waals surface area contributed by atoms with Crippen molar-refractivity contribution >= 4 is 17.5 Å². The van der Waals surface area contributed by atoms with E-state index >= 15 is 0 Å². The molecule has 0 unspecified atom stereocenters. The minimum Gasteiger partial charge on any atom is -0.496 e. The van der Waals surface area contributed by atoms with Crippen molar-refractivity contribution in [3.8, 4) is 5.75 Å². The number of nitrogens with zero attached hydrogens (tertiary/aromatic N) is 2. The van der Waals surface area contributed by atoms with Gasteiger partial charge in [0.05, 0.1) is 12.7 Å². The Morgan fingerprint density at radius 2 is 1.68 bits per heavy atom. The molecular formula is C21H26N2O2. The van der Waals surface area contributed by atoms with Crippen LogP contribution in [0.5, 0.6) is 5.75 Å². The predicted molar refractivity (Wildman–Crippen MR) is 105 cm³/mol. The molecule has 0 aliphatic carbocycles. The summed E-state index contributed by atoms with van der Waals surface area (Å²) in [6.45, 7) is 1.88. The van der Waals surface area contributed by atoms with E-state index in [4.69, 9.17) is 4.74 Å². The van der Waals surface area contributed by atoms with Crippen molar-refractivity contribution < 1.29 is 9.53 Å². The number of methoxy groups -OCH3 is 1. The first-order valence-electron chi connectivity index (χ1n) is 8.33. The third kappa shape index (κ3) is 5.19. The molecule has 0 N–H and O–H groups in total. The molecule has 2 aromatic carbocycles. The van der Waals surface area contributed by atoms with Crippen LogP contribution in [0.15, 0.2) is 54.6 Å². The quantitative estimate of drug-likeness (QED) is 0.544. The van der Waals surface area contributed by atoms with Crippen LogP contribution in [0.1, 0.15) is 15.9 Å². The van der Waals surface area contributed by atoms with E-state index in [1.54, 1.807) is 25.3 Å². The van der Waals surface area contributed by atoms with Gasteiger partial charge < -0.3 is 14.5 Å². The molecule has 2 aromatic rings. The van der Waals surface area contributed by atoms with Crippen molar-refractivity contribution in [3.05, 3.63) is 65.7 Å². The number of hydrogen-bond donors (Lipinski definition) is 0. The van der Waals surface area contributed by atoms with Gasteiger partial charge in [0, 0.05) is 25.8 Å². The first-order valence-corrected chi connectivity index (χ1v) is 8.33. The number of ether oxygens (including phenoxy) is 1. The molecule has 4 heteroatoms. The number of para-hydroxylation sites is 2. The third-order valence-corrected chi connectivity index (χ3v) is 4.02. The van der Waals surface area contributed by atoms with Gasteiger partial charge in [0.1, 0.15) is 5.75 Å². The van der Waals surface area contributed by atoms with Gasteiger partial charge >= 0.3 is 0 Å². The van der Waals surface area contributed by atoms with Gasteiger partial charge in [-0.05, 0) is 50.0 Å². The summed E-state index contributed by atoms with van der Waals surface area (Å²) in [5.41, 5.74) is 2.69. The van der Waals surface area contributed by atoms with Crippen molar-refractivity contribution in [2.45, 2.75) is 0 Å². The number of rotatable bonds is 8. The lowest BCUT2D eigenvalue weighted by molar-refractivity contribution is 0.104. The van der Waals surface area contributed by atoms with Crippen LogP contribution in [0, 0.1) is 0 Å². The standard InChI is InChI=1S/C21H26N2O2/c1-22(2)15-16-23(3)19-11-7-5-9-17(19)13-14-20(24)18-10-6-8-12-21(18)25-4/h5-14H,15-16H2,1-4H3/b14-13+. The predicted octanol–water partition coefficient (Wildman–Crippen LogP) is 3.59. The Labute approximate surface area is 150 Å². The second-order valence-corrected chi connectivity index (χ2v) is 6.18. The summed E-state index contributed by atoms with van der Waals surface area (Å²) in [6, 6.07) is 15.4. The SMILES string of the molecule is COc1ccccc1C(=O)/C=C/c1ccccc1N(C)CCN(C)C. The number of carbonyl (C=O) groups is 1. The Morgan fingerprint density at radius 1 is 1.00 bits per heavy atom. The van der Waals surface area contributed by atoms with Crippen molar-refractivity contribution in [3.63, 3.8) is 0 Å². The number of ketones is 1. The fourth-order valence-corrected chi connectivity index (χ4v) is 2.55. The van der Waals surface area contributed by atoms with E-state index in [2.05, 4.69) is 37.0 Å². The average Bonchev–Trinajstić information content (AvgIpc) is 2.64. The average molecular weight is 338 g/mol. The van der Waals surface area contributed by atoms with Crippen molar-refractivity contribution in [1.29, 1.82) is 0 Å². The molecule has 0 atom stereocenters. The van der Waals surface area contributed by atoms with Gasteiger partial charge in [0.25, 0.3) is 0 Å². The molecule has 0 spiro atoms. The normalized spacial score (nSPS) is 11.1. The molecule has 0 aliphatic rings. The van der Waals surface area contributed by atoms with Gasteiger partial charge in [0.15, 0.2) is 5.78 Å². The van der Waals surface area contributed by atoms with Crippen LogP contribution in [0.4, 0.5) is 5.69 Å². The Hall–Kier alpha value is -2.59. The summed E-state index contributed by atoms with van der Waals surface area (Å²) in [6.07, 6.45) is 3.48. The fourth-order valence-electron chi connectivity index (χ4n) is 2.55. The highest BCUT2D eigenvalue weighted by Gasteiger charge is 2.09. The lowest BCUT2D eigenvalue weighted by Gasteiger charge is -2.23. The van der Waals surface area contributed by atoms with E-state index in [0.29, 0.717) is 11.3 Å². The number of anilines is 1. The molecule has 0 saturated carbocycles. The van der Waals surface area contributed by atoms with Gasteiger partial charge in [-0.25, -0.2) is 0 Å². The molecule has 0 bridgehead atoms. The van der Waals surface area contributed by atoms with Crippen LogP contribution in [0.2, 0.25) is 0 Å². The lowest BCUT2D eigenvalue weighted by Crippen LogP contribution is -2.28. The highest BCUT2D eigenvalue weighted by molar-refractivity contribution is 6.08. The number of carbonyl (C=O) groups excluding carboxylic acids is 1. The number of likely N-dealkylation sites (N-methyl/N-ethyl adjacent to an activating group) is 2. The van der Waals surface area contributed by atoms with Gasteiger partial charge in [-0.15, -0.1) is 0 Å². The van der Waals surface area contributed by atoms with E-state index < -0.39 is 0 Å². The summed E-state index contributed by atoms with van der Waals surface area (Å²) in [5, 5.41) is 0. The lowest BCUT2D eigenvalue weighted by atomic mass is 10.1. The molecule has 0 saturated heterocycles. The van der Waals surface area contributed by atoms with Crippen LogP contribution in [-0.2, 0) is 0 Å². The molecule has 25 heavy (non-hydrogen) atoms. The van der Waals surface area contributed by atoms with E-state index in [-0.39, 0.29) is 5.78 Å². The maximum absolute atomic E-state index is 12.5. The summed E-state index contributed by atoms with van der Waals surface area (Å²) in [7, 11) is 7.76. The molecular weight excluding hydrogens is 312 g/mol.